The molecule has 6 N–H and O–H groups in total. The largest absolute Gasteiger partial charge is 0.502 e. The molecule has 3 aromatic rings. The lowest BCUT2D eigenvalue weighted by Gasteiger charge is -2.39. The van der Waals surface area contributed by atoms with Gasteiger partial charge in [-0.25, -0.2) is 4.39 Å². The molecule has 7 amide bonds. The van der Waals surface area contributed by atoms with Gasteiger partial charge in [0.15, 0.2) is 5.75 Å². The number of alkyl halides is 1. The van der Waals surface area contributed by atoms with Gasteiger partial charge in [0, 0.05) is 56.3 Å². The van der Waals surface area contributed by atoms with Crippen LogP contribution in [0.5, 0.6) is 5.75 Å². The Balaban J connectivity index is 1.72. The summed E-state index contributed by atoms with van der Waals surface area (Å²) >= 11 is 0. The second-order valence-corrected chi connectivity index (χ2v) is 21.2. The number of halogens is 1. The van der Waals surface area contributed by atoms with Gasteiger partial charge in [-0.3, -0.25) is 43.7 Å². The minimum absolute atomic E-state index is 0.0264. The summed E-state index contributed by atoms with van der Waals surface area (Å²) in [5.41, 5.74) is 0.0396. The number of aliphatic hydroxyl groups is 1. The second-order valence-electron chi connectivity index (χ2n) is 21.2. The first kappa shape index (κ1) is 58.7. The third-order valence-corrected chi connectivity index (χ3v) is 14.1. The number of hydrogen-bond acceptors (Lipinski definition) is 11. The number of nitro benzene ring substituents is 1. The molecule has 8 atom stereocenters. The standard InChI is InChI=1S/C54H74FN9O11/c1-12-13-17-37-47(67)59-39(26-35-29-63(54(8,9)46(66)27-55)40-18-15-14-16-36(35)40)52(72)60(10)42(21-30(2)3)49(69)58-38(24-34-19-20-45(65)41(25-34)64(74)75)48(68)56-33(7)51(71)61(11)44-23-32(6)28-62(53(44)73)43(22-31(4)5)50(70)57-37/h12-16,18-20,25,28-31,33,37-39,42-44,46,65-66H,17,21-24,26-27H2,1-11H3,(H,56,68)(H,57,70)(H,58,69)(H,59,67)/b13-12+/t33-,37-,38-,39-,42-,43-,44-,46?/m0/s1. The van der Waals surface area contributed by atoms with E-state index in [2.05, 4.69) is 21.3 Å². The highest BCUT2D eigenvalue weighted by molar-refractivity contribution is 5.99. The number of likely N-dealkylation sites (N-methyl/N-ethyl adjacent to an activating group) is 2. The van der Waals surface area contributed by atoms with Crippen LogP contribution in [0.3, 0.4) is 0 Å². The number of fused-ring (bicyclic) bond motifs is 3. The number of aromatic hydroxyl groups is 1. The number of nitrogens with one attached hydrogen (secondary N) is 4. The monoisotopic (exact) mass is 1040 g/mol. The van der Waals surface area contributed by atoms with Crippen molar-refractivity contribution >= 4 is 57.9 Å². The lowest BCUT2D eigenvalue weighted by Crippen LogP contribution is -2.60. The highest BCUT2D eigenvalue weighted by Crippen LogP contribution is 2.32. The summed E-state index contributed by atoms with van der Waals surface area (Å²) in [6.45, 7) is 14.5. The summed E-state index contributed by atoms with van der Waals surface area (Å²) in [6, 6.07) is 1.28. The molecule has 2 bridgehead atoms. The first-order valence-corrected chi connectivity index (χ1v) is 25.4. The Hall–Kier alpha value is -7.16. The fourth-order valence-electron chi connectivity index (χ4n) is 9.64. The van der Waals surface area contributed by atoms with Gasteiger partial charge in [0.2, 0.25) is 41.4 Å². The highest BCUT2D eigenvalue weighted by atomic mass is 19.1. The second kappa shape index (κ2) is 24.9. The first-order chi connectivity index (χ1) is 35.2. The zero-order valence-corrected chi connectivity index (χ0v) is 44.8. The molecule has 2 aliphatic rings. The predicted molar refractivity (Wildman–Crippen MR) is 279 cm³/mol. The Morgan fingerprint density at radius 3 is 2.04 bits per heavy atom. The van der Waals surface area contributed by atoms with Gasteiger partial charge in [0.1, 0.15) is 55.1 Å². The van der Waals surface area contributed by atoms with Gasteiger partial charge < -0.3 is 50.7 Å². The summed E-state index contributed by atoms with van der Waals surface area (Å²) in [7, 11) is 2.77. The van der Waals surface area contributed by atoms with Gasteiger partial charge in [-0.05, 0) is 95.4 Å². The number of aromatic nitrogens is 1. The number of aliphatic hydroxyl groups excluding tert-OH is 1. The van der Waals surface area contributed by atoms with Crippen molar-refractivity contribution in [1.29, 1.82) is 0 Å². The summed E-state index contributed by atoms with van der Waals surface area (Å²) in [5.74, 6) is -6.28. The van der Waals surface area contributed by atoms with Crippen LogP contribution in [0.1, 0.15) is 99.1 Å². The van der Waals surface area contributed by atoms with E-state index in [-0.39, 0.29) is 55.9 Å². The molecule has 1 saturated heterocycles. The molecule has 20 nitrogen and oxygen atoms in total. The average molecular weight is 1040 g/mol. The number of phenolic OH excluding ortho intramolecular Hbond substituents is 1. The molecule has 0 saturated carbocycles. The number of para-hydroxylation sites is 1. The molecule has 1 fully saturated rings. The van der Waals surface area contributed by atoms with E-state index in [9.17, 15) is 53.5 Å². The number of amides is 7. The van der Waals surface area contributed by atoms with Crippen LogP contribution in [0.15, 0.2) is 72.6 Å². The van der Waals surface area contributed by atoms with E-state index in [1.54, 1.807) is 81.1 Å². The lowest BCUT2D eigenvalue weighted by molar-refractivity contribution is -0.385. The molecular weight excluding hydrogens is 970 g/mol. The van der Waals surface area contributed by atoms with Gasteiger partial charge in [0.25, 0.3) is 0 Å². The molecule has 75 heavy (non-hydrogen) atoms. The topological polar surface area (TPSA) is 266 Å². The Labute approximate surface area is 437 Å². The van der Waals surface area contributed by atoms with E-state index in [0.717, 1.165) is 17.0 Å². The number of nitrogens with zero attached hydrogens (tertiary/aromatic N) is 5. The van der Waals surface area contributed by atoms with Gasteiger partial charge in [-0.2, -0.15) is 0 Å². The van der Waals surface area contributed by atoms with Crippen molar-refractivity contribution in [3.63, 3.8) is 0 Å². The molecule has 2 aliphatic heterocycles. The van der Waals surface area contributed by atoms with Crippen molar-refractivity contribution < 1.29 is 53.1 Å². The minimum Gasteiger partial charge on any atom is -0.502 e. The summed E-state index contributed by atoms with van der Waals surface area (Å²) in [4.78, 5) is 118. The van der Waals surface area contributed by atoms with Gasteiger partial charge >= 0.3 is 5.69 Å². The number of carbonyl (C=O) groups is 7. The summed E-state index contributed by atoms with van der Waals surface area (Å²) in [5, 5.41) is 44.7. The normalized spacial score (nSPS) is 23.8. The fraction of sp³-hybridized carbons (Fsp3) is 0.537. The first-order valence-electron chi connectivity index (χ1n) is 25.4. The zero-order valence-electron chi connectivity index (χ0n) is 44.8. The molecular formula is C54H74FN9O11. The molecule has 408 valence electrons. The van der Waals surface area contributed by atoms with Gasteiger partial charge in [0.05, 0.1) is 10.5 Å². The fourth-order valence-corrected chi connectivity index (χ4v) is 9.64. The van der Waals surface area contributed by atoms with Crippen LogP contribution in [0.4, 0.5) is 10.1 Å². The van der Waals surface area contributed by atoms with Crippen LogP contribution >= 0.6 is 0 Å². The average Bonchev–Trinajstić information content (AvgIpc) is 3.73. The van der Waals surface area contributed by atoms with Crippen LogP contribution in [0, 0.1) is 22.0 Å². The molecule has 0 aliphatic carbocycles. The number of allylic oxidation sites excluding steroid dienone is 1. The third kappa shape index (κ3) is 13.8. The quantitative estimate of drug-likeness (QED) is 0.0754. The molecule has 5 rings (SSSR count). The number of rotatable bonds is 14. The number of carbonyl (C=O) groups excluding carboxylic acids is 7. The van der Waals surface area contributed by atoms with Gasteiger partial charge in [-0.1, -0.05) is 69.7 Å². The van der Waals surface area contributed by atoms with Crippen LogP contribution in [0.2, 0.25) is 0 Å². The van der Waals surface area contributed by atoms with E-state index in [1.807, 2.05) is 27.7 Å². The van der Waals surface area contributed by atoms with Crippen LogP contribution in [-0.2, 0) is 51.9 Å². The Morgan fingerprint density at radius 1 is 0.813 bits per heavy atom. The summed E-state index contributed by atoms with van der Waals surface area (Å²) < 4.78 is 15.8. The highest BCUT2D eigenvalue weighted by Gasteiger charge is 2.43. The van der Waals surface area contributed by atoms with Crippen molar-refractivity contribution in [2.75, 3.05) is 20.8 Å². The molecule has 0 spiro atoms. The van der Waals surface area contributed by atoms with Gasteiger partial charge in [-0.15, -0.1) is 0 Å². The van der Waals surface area contributed by atoms with Crippen molar-refractivity contribution in [2.24, 2.45) is 11.8 Å². The summed E-state index contributed by atoms with van der Waals surface area (Å²) in [6.07, 6.45) is 4.77. The molecule has 1 unspecified atom stereocenters. The maximum absolute atomic E-state index is 15.3. The van der Waals surface area contributed by atoms with E-state index in [1.165, 1.54) is 36.9 Å². The third-order valence-electron chi connectivity index (χ3n) is 14.1. The van der Waals surface area contributed by atoms with E-state index in [0.29, 0.717) is 22.0 Å². The van der Waals surface area contributed by atoms with E-state index in [4.69, 9.17) is 0 Å². The maximum Gasteiger partial charge on any atom is 0.310 e. The Kier molecular flexibility index (Phi) is 19.5. The molecule has 1 aromatic heterocycles. The zero-order chi connectivity index (χ0) is 55.8. The number of nitro groups is 1. The maximum atomic E-state index is 15.3. The van der Waals surface area contributed by atoms with Crippen molar-refractivity contribution in [3.8, 4) is 5.75 Å². The van der Waals surface area contributed by atoms with E-state index >= 15 is 4.79 Å². The molecule has 2 aromatic carbocycles. The van der Waals surface area contributed by atoms with Crippen LogP contribution < -0.4 is 21.3 Å². The number of phenols is 1. The van der Waals surface area contributed by atoms with Crippen molar-refractivity contribution in [3.05, 3.63) is 93.8 Å². The molecule has 0 radical (unpaired) electrons. The lowest BCUT2D eigenvalue weighted by atomic mass is 9.95. The smallest absolute Gasteiger partial charge is 0.310 e. The molecule has 21 heteroatoms. The SMILES string of the molecule is C/C=C/C[C@@H]1NC(=O)[C@H](CC(C)C)N2C=C(C)C[C@@H](C2=O)N(C)C(=O)[C@H](C)NC(=O)[C@H](Cc2ccc(O)c([N+](=O)[O-])c2)NC(=O)[C@H](CC(C)C)N(C)C(=O)[C@H](Cc2cn(C(C)(C)C(O)CF)c3ccccc23)NC1=O. The van der Waals surface area contributed by atoms with Crippen LogP contribution in [-0.4, -0.2) is 145 Å². The van der Waals surface area contributed by atoms with E-state index < -0.39 is 118 Å². The molecule has 3 heterocycles. The Bertz CT molecular complexity index is 2700. The predicted octanol–water partition coefficient (Wildman–Crippen LogP) is 4.30. The van der Waals surface area contributed by atoms with Crippen molar-refractivity contribution in [2.45, 2.75) is 155 Å². The minimum atomic E-state index is -1.54. The Morgan fingerprint density at radius 2 is 1.41 bits per heavy atom. The number of hydrogen-bond donors (Lipinski definition) is 6. The number of benzene rings is 2. The van der Waals surface area contributed by atoms with Crippen LogP contribution in [0.25, 0.3) is 10.9 Å². The van der Waals surface area contributed by atoms with Crippen molar-refractivity contribution in [1.82, 2.24) is 40.5 Å².